The van der Waals surface area contributed by atoms with Gasteiger partial charge in [0.1, 0.15) is 36.1 Å². The van der Waals surface area contributed by atoms with Crippen LogP contribution in [0, 0.1) is 16.7 Å². The summed E-state index contributed by atoms with van der Waals surface area (Å²) in [4.78, 5) is 112. The van der Waals surface area contributed by atoms with Crippen LogP contribution in [0.2, 0.25) is 0 Å². The van der Waals surface area contributed by atoms with Crippen molar-refractivity contribution in [3.05, 3.63) is 119 Å². The van der Waals surface area contributed by atoms with Gasteiger partial charge in [0.15, 0.2) is 23.6 Å². The number of hydrogen-bond donors (Lipinski definition) is 4. The van der Waals surface area contributed by atoms with Crippen molar-refractivity contribution in [1.29, 1.82) is 0 Å². The van der Waals surface area contributed by atoms with Gasteiger partial charge in [-0.1, -0.05) is 80.6 Å². The average molecular weight is 998 g/mol. The van der Waals surface area contributed by atoms with Crippen molar-refractivity contribution >= 4 is 47.5 Å². The Bertz CT molecular complexity index is 2640. The number of fused-ring (bicyclic) bond motifs is 5. The predicted molar refractivity (Wildman–Crippen MR) is 249 cm³/mol. The molecule has 1 aliphatic heterocycles. The Morgan fingerprint density at radius 2 is 1.35 bits per heavy atom. The molecule has 1 amide bonds. The Hall–Kier alpha value is -6.80. The summed E-state index contributed by atoms with van der Waals surface area (Å²) in [6.45, 7) is 9.88. The molecule has 1 saturated heterocycles. The lowest BCUT2D eigenvalue weighted by Crippen LogP contribution is -2.82. The molecular weight excluding hydrogens is 939 g/mol. The minimum atomic E-state index is -2.52. The molecule has 3 aliphatic carbocycles. The van der Waals surface area contributed by atoms with Crippen LogP contribution in [-0.4, -0.2) is 129 Å². The highest BCUT2D eigenvalue weighted by atomic mass is 16.6. The number of nitrogens with one attached hydrogen (secondary N) is 1. The summed E-state index contributed by atoms with van der Waals surface area (Å²) >= 11 is 0. The lowest BCUT2D eigenvalue weighted by Gasteiger charge is -2.67. The normalized spacial score (nSPS) is 29.8. The maximum absolute atomic E-state index is 15.7. The number of benzene rings is 3. The second kappa shape index (κ2) is 20.4. The molecule has 1 heterocycles. The van der Waals surface area contributed by atoms with Gasteiger partial charge in [0.25, 0.3) is 5.91 Å². The van der Waals surface area contributed by atoms with Crippen LogP contribution < -0.4 is 5.32 Å². The van der Waals surface area contributed by atoms with Crippen LogP contribution >= 0.6 is 0 Å². The number of amides is 1. The molecule has 7 rings (SSSR count). The third-order valence-electron chi connectivity index (χ3n) is 14.7. The van der Waals surface area contributed by atoms with Gasteiger partial charge in [-0.2, -0.15) is 0 Å². The van der Waals surface area contributed by atoms with Crippen molar-refractivity contribution in [3.63, 3.8) is 0 Å². The maximum atomic E-state index is 15.7. The zero-order chi connectivity index (χ0) is 52.7. The molecule has 0 aromatic heterocycles. The van der Waals surface area contributed by atoms with Crippen LogP contribution in [0.1, 0.15) is 101 Å². The first-order valence-electron chi connectivity index (χ1n) is 23.5. The van der Waals surface area contributed by atoms with Gasteiger partial charge in [-0.25, -0.2) is 19.2 Å². The molecule has 0 spiro atoms. The van der Waals surface area contributed by atoms with Crippen LogP contribution in [0.15, 0.2) is 102 Å². The fourth-order valence-electron chi connectivity index (χ4n) is 10.8. The highest BCUT2D eigenvalue weighted by Gasteiger charge is 2.78. The standard InChI is InChI=1S/C53H59NO18/c1-27-35(69-49(64)41(70-47(62)29(3)67-46(61)28(2)55)39(32-18-12-9-13-19-32)54-45(60)33-20-14-10-15-21-33)25-53(65)44(71-48(63)34-22-16-11-17-23-34)42-51(8,36(58)24-37-52(42,26-66-37)72-31(5)57)43(59)40(68-30(4)56)38(27)50(53,6)7/h9-23,28-29,35-37,39-42,44,55,58,65H,24-26H2,1-8H3,(H,54,60)/t28-,29-,35+,36+,37-,39?,40-,41-,42?,44?,51-,52+,53-/m1/s1. The van der Waals surface area contributed by atoms with Crippen molar-refractivity contribution in [2.75, 3.05) is 6.61 Å². The number of aliphatic hydroxyl groups is 3. The first-order valence-corrected chi connectivity index (χ1v) is 23.5. The summed E-state index contributed by atoms with van der Waals surface area (Å²) in [5.41, 5.74) is -7.94. The summed E-state index contributed by atoms with van der Waals surface area (Å²) in [6, 6.07) is 21.9. The van der Waals surface area contributed by atoms with Crippen LogP contribution in [0.25, 0.3) is 0 Å². The van der Waals surface area contributed by atoms with E-state index in [1.54, 1.807) is 54.6 Å². The summed E-state index contributed by atoms with van der Waals surface area (Å²) in [5.74, 6) is -9.92. The van der Waals surface area contributed by atoms with Crippen molar-refractivity contribution in [1.82, 2.24) is 5.32 Å². The van der Waals surface area contributed by atoms with Gasteiger partial charge in [0, 0.05) is 37.7 Å². The van der Waals surface area contributed by atoms with E-state index in [4.69, 9.17) is 33.2 Å². The zero-order valence-corrected chi connectivity index (χ0v) is 41.0. The molecule has 0 radical (unpaired) electrons. The number of Topliss-reactive ketones (excluding diaryl/α,β-unsaturated/α-hetero) is 1. The van der Waals surface area contributed by atoms with Gasteiger partial charge in [-0.15, -0.1) is 0 Å². The summed E-state index contributed by atoms with van der Waals surface area (Å²) in [6.07, 6.45) is -14.7. The average Bonchev–Trinajstić information content (AvgIpc) is 3.33. The minimum Gasteiger partial charge on any atom is -0.455 e. The number of rotatable bonds is 14. The lowest BCUT2D eigenvalue weighted by atomic mass is 9.44. The topological polar surface area (TPSA) is 274 Å². The fraction of sp³-hybridized carbons (Fsp3) is 0.472. The molecule has 3 unspecified atom stereocenters. The minimum absolute atomic E-state index is 0.0133. The summed E-state index contributed by atoms with van der Waals surface area (Å²) < 4.78 is 41.6. The van der Waals surface area contributed by atoms with E-state index in [2.05, 4.69) is 5.32 Å². The molecule has 2 saturated carbocycles. The first kappa shape index (κ1) is 53.0. The van der Waals surface area contributed by atoms with Crippen LogP contribution in [0.4, 0.5) is 0 Å². The monoisotopic (exact) mass is 997 g/mol. The van der Waals surface area contributed by atoms with Gasteiger partial charge in [0.2, 0.25) is 6.10 Å². The highest BCUT2D eigenvalue weighted by Crippen LogP contribution is 2.64. The van der Waals surface area contributed by atoms with E-state index < -0.39 is 137 Å². The number of hydrogen-bond acceptors (Lipinski definition) is 18. The van der Waals surface area contributed by atoms with Gasteiger partial charge in [-0.05, 0) is 68.7 Å². The Morgan fingerprint density at radius 3 is 1.89 bits per heavy atom. The molecule has 72 heavy (non-hydrogen) atoms. The molecular formula is C53H59NO18. The van der Waals surface area contributed by atoms with Crippen LogP contribution in [0.3, 0.4) is 0 Å². The fourth-order valence-corrected chi connectivity index (χ4v) is 10.8. The number of esters is 6. The molecule has 3 fully saturated rings. The van der Waals surface area contributed by atoms with Crippen molar-refractivity contribution < 1.29 is 86.8 Å². The third-order valence-corrected chi connectivity index (χ3v) is 14.7. The van der Waals surface area contributed by atoms with Crippen LogP contribution in [0.5, 0.6) is 0 Å². The molecule has 3 aromatic rings. The SMILES string of the molecule is CC(=O)O[C@H]1C(=O)[C@@]2(C)C(C(OC(=O)c3ccccc3)[C@]3(O)C[C@H](OC(=O)[C@H](OC(=O)[C@@H](C)OC(=O)[C@@H](C)O)C(NC(=O)c4ccccc4)c4ccccc4)C(C)=C1C3(C)C)[C@]1(OC(C)=O)CO[C@@H]1C[C@@H]2O. The number of carbonyl (C=O) groups excluding carboxylic acids is 8. The molecule has 3 aromatic carbocycles. The Labute approximate surface area is 415 Å². The zero-order valence-electron chi connectivity index (χ0n) is 41.0. The second-order valence-corrected chi connectivity index (χ2v) is 19.5. The van der Waals surface area contributed by atoms with Crippen molar-refractivity contribution in [3.8, 4) is 0 Å². The van der Waals surface area contributed by atoms with Gasteiger partial charge >= 0.3 is 35.8 Å². The van der Waals surface area contributed by atoms with Gasteiger partial charge in [0.05, 0.1) is 29.6 Å². The largest absolute Gasteiger partial charge is 0.455 e. The van der Waals surface area contributed by atoms with E-state index >= 15 is 9.59 Å². The van der Waals surface area contributed by atoms with E-state index in [0.29, 0.717) is 0 Å². The molecule has 13 atom stereocenters. The molecule has 4 N–H and O–H groups in total. The molecule has 384 valence electrons. The molecule has 4 aliphatic rings. The molecule has 19 heteroatoms. The lowest BCUT2D eigenvalue weighted by molar-refractivity contribution is -0.346. The summed E-state index contributed by atoms with van der Waals surface area (Å²) in [5, 5.41) is 38.7. The van der Waals surface area contributed by atoms with Gasteiger partial charge in [-0.3, -0.25) is 19.2 Å². The van der Waals surface area contributed by atoms with E-state index in [-0.39, 0.29) is 40.9 Å². The number of aliphatic hydroxyl groups excluding tert-OH is 2. The van der Waals surface area contributed by atoms with Gasteiger partial charge < -0.3 is 53.8 Å². The van der Waals surface area contributed by atoms with E-state index in [9.17, 15) is 44.1 Å². The Balaban J connectivity index is 1.42. The summed E-state index contributed by atoms with van der Waals surface area (Å²) in [7, 11) is 0. The first-order chi connectivity index (χ1) is 33.9. The molecule has 2 bridgehead atoms. The van der Waals surface area contributed by atoms with E-state index in [1.807, 2.05) is 0 Å². The third kappa shape index (κ3) is 9.53. The number of ether oxygens (including phenoxy) is 7. The predicted octanol–water partition coefficient (Wildman–Crippen LogP) is 3.60. The smallest absolute Gasteiger partial charge is 0.350 e. The van der Waals surface area contributed by atoms with E-state index in [1.165, 1.54) is 64.1 Å². The Morgan fingerprint density at radius 1 is 0.764 bits per heavy atom. The second-order valence-electron chi connectivity index (χ2n) is 19.5. The molecule has 19 nitrogen and oxygen atoms in total. The van der Waals surface area contributed by atoms with Crippen molar-refractivity contribution in [2.45, 2.75) is 134 Å². The van der Waals surface area contributed by atoms with Crippen molar-refractivity contribution in [2.24, 2.45) is 16.7 Å². The van der Waals surface area contributed by atoms with Crippen LogP contribution in [-0.2, 0) is 61.9 Å². The number of ketones is 1. The van der Waals surface area contributed by atoms with E-state index in [0.717, 1.165) is 27.7 Å². The maximum Gasteiger partial charge on any atom is 0.350 e. The highest BCUT2D eigenvalue weighted by molar-refractivity contribution is 5.96. The number of carbonyl (C=O) groups is 8. The Kier molecular flexibility index (Phi) is 15.0. The quantitative estimate of drug-likeness (QED) is 0.102.